The standard InChI is InChI=1S/C20H20N2O4/c1-25-20(24)26-11-5-4-10-22-16-8-9-18(23)17(22)12-14-13-6-2-3-7-15(13)21-19(14)16/h2-3,6-7,16-17,21H,8-12H2,1H3/t16-,17-/m0/s1. The van der Waals surface area contributed by atoms with Gasteiger partial charge in [-0.25, -0.2) is 4.79 Å². The lowest BCUT2D eigenvalue weighted by Crippen LogP contribution is -2.51. The van der Waals surface area contributed by atoms with E-state index in [9.17, 15) is 9.59 Å². The highest BCUT2D eigenvalue weighted by Crippen LogP contribution is 2.42. The van der Waals surface area contributed by atoms with Gasteiger partial charge in [0, 0.05) is 23.0 Å². The van der Waals surface area contributed by atoms with Crippen molar-refractivity contribution < 1.29 is 19.1 Å². The smallest absolute Gasteiger partial charge is 0.438 e. The lowest BCUT2D eigenvalue weighted by molar-refractivity contribution is -0.129. The highest BCUT2D eigenvalue weighted by atomic mass is 16.7. The Labute approximate surface area is 151 Å². The number of para-hydroxylation sites is 1. The molecule has 0 aliphatic carbocycles. The minimum atomic E-state index is -0.743. The lowest BCUT2D eigenvalue weighted by atomic mass is 9.82. The first kappa shape index (κ1) is 16.7. The normalized spacial score (nSPS) is 21.7. The maximum absolute atomic E-state index is 12.5. The first-order chi connectivity index (χ1) is 12.7. The van der Waals surface area contributed by atoms with Gasteiger partial charge in [-0.3, -0.25) is 9.69 Å². The van der Waals surface area contributed by atoms with Crippen molar-refractivity contribution in [3.63, 3.8) is 0 Å². The van der Waals surface area contributed by atoms with Gasteiger partial charge >= 0.3 is 6.16 Å². The highest BCUT2D eigenvalue weighted by Gasteiger charge is 2.42. The van der Waals surface area contributed by atoms with E-state index in [1.807, 2.05) is 12.1 Å². The summed E-state index contributed by atoms with van der Waals surface area (Å²) in [5.41, 5.74) is 3.60. The number of carbonyl (C=O) groups is 2. The minimum absolute atomic E-state index is 0.0125. The molecule has 0 amide bonds. The van der Waals surface area contributed by atoms with Gasteiger partial charge in [0.1, 0.15) is 5.78 Å². The van der Waals surface area contributed by atoms with Crippen molar-refractivity contribution in [3.05, 3.63) is 35.5 Å². The van der Waals surface area contributed by atoms with E-state index in [1.165, 1.54) is 23.8 Å². The number of carbonyl (C=O) groups excluding carboxylic acids is 2. The number of hydrogen-bond acceptors (Lipinski definition) is 5. The van der Waals surface area contributed by atoms with Gasteiger partial charge in [-0.15, -0.1) is 0 Å². The van der Waals surface area contributed by atoms with Crippen molar-refractivity contribution in [2.75, 3.05) is 20.3 Å². The van der Waals surface area contributed by atoms with Crippen LogP contribution in [0.15, 0.2) is 24.3 Å². The Morgan fingerprint density at radius 3 is 3.00 bits per heavy atom. The molecule has 0 radical (unpaired) electrons. The zero-order chi connectivity index (χ0) is 18.1. The molecule has 0 unspecified atom stereocenters. The van der Waals surface area contributed by atoms with Crippen LogP contribution in [0.2, 0.25) is 0 Å². The zero-order valence-electron chi connectivity index (χ0n) is 14.6. The monoisotopic (exact) mass is 352 g/mol. The van der Waals surface area contributed by atoms with E-state index in [2.05, 4.69) is 38.6 Å². The number of H-pyrrole nitrogens is 1. The number of fused-ring (bicyclic) bond motifs is 6. The second-order valence-electron chi connectivity index (χ2n) is 6.57. The molecule has 1 aromatic carbocycles. The molecular weight excluding hydrogens is 332 g/mol. The number of benzene rings is 1. The van der Waals surface area contributed by atoms with E-state index in [4.69, 9.17) is 4.74 Å². The molecule has 1 saturated heterocycles. The molecule has 1 N–H and O–H groups in total. The first-order valence-corrected chi connectivity index (χ1v) is 8.73. The van der Waals surface area contributed by atoms with Crippen LogP contribution in [0.25, 0.3) is 10.9 Å². The van der Waals surface area contributed by atoms with Crippen molar-refractivity contribution in [2.24, 2.45) is 0 Å². The number of Topliss-reactive ketones (excluding diaryl/α,β-unsaturated/α-hetero) is 1. The van der Waals surface area contributed by atoms with Gasteiger partial charge in [0.25, 0.3) is 0 Å². The third-order valence-corrected chi connectivity index (χ3v) is 5.23. The van der Waals surface area contributed by atoms with Crippen molar-refractivity contribution in [1.82, 2.24) is 9.88 Å². The molecule has 2 aliphatic rings. The fourth-order valence-corrected chi connectivity index (χ4v) is 4.05. The van der Waals surface area contributed by atoms with E-state index in [0.717, 1.165) is 18.4 Å². The summed E-state index contributed by atoms with van der Waals surface area (Å²) in [6, 6.07) is 8.29. The van der Waals surface area contributed by atoms with Gasteiger partial charge in [0.2, 0.25) is 0 Å². The highest BCUT2D eigenvalue weighted by molar-refractivity contribution is 5.90. The summed E-state index contributed by atoms with van der Waals surface area (Å²) in [6.45, 7) is 0.460. The van der Waals surface area contributed by atoms with Crippen LogP contribution in [-0.4, -0.2) is 48.1 Å². The number of nitrogens with one attached hydrogen (secondary N) is 1. The third-order valence-electron chi connectivity index (χ3n) is 5.23. The van der Waals surface area contributed by atoms with Crippen LogP contribution in [0.4, 0.5) is 4.79 Å². The van der Waals surface area contributed by atoms with Crippen LogP contribution in [0, 0.1) is 11.8 Å². The Morgan fingerprint density at radius 1 is 1.31 bits per heavy atom. The Hall–Kier alpha value is -2.78. The number of ketones is 1. The van der Waals surface area contributed by atoms with Crippen LogP contribution >= 0.6 is 0 Å². The minimum Gasteiger partial charge on any atom is -0.438 e. The van der Waals surface area contributed by atoms with Crippen LogP contribution in [-0.2, 0) is 20.7 Å². The number of aromatic amines is 1. The van der Waals surface area contributed by atoms with E-state index < -0.39 is 6.16 Å². The average Bonchev–Trinajstić information content (AvgIpc) is 3.02. The van der Waals surface area contributed by atoms with Gasteiger partial charge in [-0.1, -0.05) is 30.0 Å². The van der Waals surface area contributed by atoms with E-state index in [-0.39, 0.29) is 24.5 Å². The molecule has 0 saturated carbocycles. The Kier molecular flexibility index (Phi) is 4.39. The number of ether oxygens (including phenoxy) is 2. The predicted octanol–water partition coefficient (Wildman–Crippen LogP) is 2.59. The van der Waals surface area contributed by atoms with Gasteiger partial charge in [0.05, 0.1) is 25.7 Å². The molecule has 1 aromatic heterocycles. The maximum atomic E-state index is 12.5. The number of methoxy groups -OCH3 is 1. The number of hydrogen-bond donors (Lipinski definition) is 1. The average molecular weight is 352 g/mol. The van der Waals surface area contributed by atoms with Crippen LogP contribution < -0.4 is 0 Å². The van der Waals surface area contributed by atoms with Gasteiger partial charge < -0.3 is 14.5 Å². The summed E-state index contributed by atoms with van der Waals surface area (Å²) in [7, 11) is 1.26. The summed E-state index contributed by atoms with van der Waals surface area (Å²) in [6.07, 6.45) is 1.39. The second kappa shape index (κ2) is 6.85. The molecule has 2 aromatic rings. The van der Waals surface area contributed by atoms with Gasteiger partial charge in [0.15, 0.2) is 6.61 Å². The molecule has 6 nitrogen and oxygen atoms in total. The Balaban J connectivity index is 1.57. The summed E-state index contributed by atoms with van der Waals surface area (Å²) < 4.78 is 9.17. The molecule has 4 rings (SSSR count). The summed E-state index contributed by atoms with van der Waals surface area (Å²) in [4.78, 5) is 29.2. The fourth-order valence-electron chi connectivity index (χ4n) is 4.05. The third kappa shape index (κ3) is 2.85. The molecule has 6 heteroatoms. The van der Waals surface area contributed by atoms with E-state index in [1.54, 1.807) is 0 Å². The molecule has 3 heterocycles. The quantitative estimate of drug-likeness (QED) is 0.664. The molecule has 26 heavy (non-hydrogen) atoms. The zero-order valence-corrected chi connectivity index (χ0v) is 14.6. The van der Waals surface area contributed by atoms with Gasteiger partial charge in [-0.05, 0) is 24.5 Å². The lowest BCUT2D eigenvalue weighted by Gasteiger charge is -2.43. The van der Waals surface area contributed by atoms with Crippen LogP contribution in [0.5, 0.6) is 0 Å². The van der Waals surface area contributed by atoms with E-state index >= 15 is 0 Å². The topological polar surface area (TPSA) is 71.6 Å². The number of rotatable bonds is 2. The molecule has 0 spiro atoms. The van der Waals surface area contributed by atoms with Crippen molar-refractivity contribution in [3.8, 4) is 11.8 Å². The number of aromatic nitrogens is 1. The predicted molar refractivity (Wildman–Crippen MR) is 95.6 cm³/mol. The van der Waals surface area contributed by atoms with Crippen LogP contribution in [0.3, 0.4) is 0 Å². The molecule has 134 valence electrons. The summed E-state index contributed by atoms with van der Waals surface area (Å²) >= 11 is 0. The molecule has 2 atom stereocenters. The van der Waals surface area contributed by atoms with Crippen molar-refractivity contribution in [2.45, 2.75) is 31.3 Å². The largest absolute Gasteiger partial charge is 0.508 e. The second-order valence-corrected chi connectivity index (χ2v) is 6.57. The van der Waals surface area contributed by atoms with E-state index in [0.29, 0.717) is 13.0 Å². The van der Waals surface area contributed by atoms with Gasteiger partial charge in [-0.2, -0.15) is 0 Å². The fraction of sp³-hybridized carbons (Fsp3) is 0.400. The van der Waals surface area contributed by atoms with Crippen molar-refractivity contribution >= 4 is 22.8 Å². The van der Waals surface area contributed by atoms with Crippen LogP contribution in [0.1, 0.15) is 30.1 Å². The summed E-state index contributed by atoms with van der Waals surface area (Å²) in [5.74, 6) is 6.12. The Bertz CT molecular complexity index is 921. The molecule has 2 aliphatic heterocycles. The Morgan fingerprint density at radius 2 is 2.15 bits per heavy atom. The number of nitrogens with zero attached hydrogens (tertiary/aromatic N) is 1. The van der Waals surface area contributed by atoms with Crippen molar-refractivity contribution in [1.29, 1.82) is 0 Å². The number of piperidine rings is 1. The summed E-state index contributed by atoms with van der Waals surface area (Å²) in [5, 5.41) is 1.21. The molecule has 2 bridgehead atoms. The maximum Gasteiger partial charge on any atom is 0.508 e. The first-order valence-electron chi connectivity index (χ1n) is 8.73. The molecular formula is C20H20N2O4. The molecule has 1 fully saturated rings. The SMILES string of the molecule is COC(=O)OCC#CCN1[C@H]2Cc3c([nH]c4ccccc34)[C@@H]1CCC2=O.